The standard InChI is InChI=1S/C14H16N2O3/c1-10-6-7-14(19-10)11(2)15-9-12-4-3-5-13(8-12)16(17)18/h3-8,11,15H,9H2,1-2H3. The third kappa shape index (κ3) is 3.42. The second kappa shape index (κ2) is 5.67. The van der Waals surface area contributed by atoms with Crippen molar-refractivity contribution >= 4 is 5.69 Å². The Morgan fingerprint density at radius 3 is 2.79 bits per heavy atom. The summed E-state index contributed by atoms with van der Waals surface area (Å²) in [5, 5.41) is 14.0. The van der Waals surface area contributed by atoms with Crippen molar-refractivity contribution in [3.63, 3.8) is 0 Å². The van der Waals surface area contributed by atoms with Crippen molar-refractivity contribution in [2.45, 2.75) is 26.4 Å². The van der Waals surface area contributed by atoms with Crippen molar-refractivity contribution in [2.75, 3.05) is 0 Å². The highest BCUT2D eigenvalue weighted by Crippen LogP contribution is 2.17. The fraction of sp³-hybridized carbons (Fsp3) is 0.286. The maximum atomic E-state index is 10.7. The number of benzene rings is 1. The predicted octanol–water partition coefficient (Wildman–Crippen LogP) is 3.35. The molecule has 0 saturated heterocycles. The molecule has 1 heterocycles. The van der Waals surface area contributed by atoms with Gasteiger partial charge in [-0.15, -0.1) is 0 Å². The molecular formula is C14H16N2O3. The number of hydrogen-bond donors (Lipinski definition) is 1. The van der Waals surface area contributed by atoms with Crippen LogP contribution < -0.4 is 5.32 Å². The van der Waals surface area contributed by atoms with Crippen LogP contribution in [-0.2, 0) is 6.54 Å². The summed E-state index contributed by atoms with van der Waals surface area (Å²) in [5.41, 5.74) is 0.991. The molecular weight excluding hydrogens is 244 g/mol. The monoisotopic (exact) mass is 260 g/mol. The normalized spacial score (nSPS) is 12.3. The first-order valence-electron chi connectivity index (χ1n) is 6.09. The molecule has 1 unspecified atom stereocenters. The quantitative estimate of drug-likeness (QED) is 0.661. The maximum Gasteiger partial charge on any atom is 0.269 e. The number of nitrogens with one attached hydrogen (secondary N) is 1. The van der Waals surface area contributed by atoms with Crippen LogP contribution in [-0.4, -0.2) is 4.92 Å². The predicted molar refractivity (Wildman–Crippen MR) is 71.8 cm³/mol. The average molecular weight is 260 g/mol. The van der Waals surface area contributed by atoms with Crippen molar-refractivity contribution in [1.29, 1.82) is 0 Å². The number of hydrogen-bond acceptors (Lipinski definition) is 4. The molecule has 5 heteroatoms. The number of rotatable bonds is 5. The smallest absolute Gasteiger partial charge is 0.269 e. The molecule has 1 aromatic heterocycles. The Morgan fingerprint density at radius 1 is 1.37 bits per heavy atom. The van der Waals surface area contributed by atoms with Gasteiger partial charge in [0.1, 0.15) is 11.5 Å². The molecule has 5 nitrogen and oxygen atoms in total. The maximum absolute atomic E-state index is 10.7. The van der Waals surface area contributed by atoms with Gasteiger partial charge in [0, 0.05) is 18.7 Å². The van der Waals surface area contributed by atoms with Gasteiger partial charge in [0.15, 0.2) is 0 Å². The Bertz CT molecular complexity index is 578. The lowest BCUT2D eigenvalue weighted by Gasteiger charge is -2.11. The van der Waals surface area contributed by atoms with E-state index < -0.39 is 0 Å². The summed E-state index contributed by atoms with van der Waals surface area (Å²) < 4.78 is 5.52. The van der Waals surface area contributed by atoms with Crippen LogP contribution in [0, 0.1) is 17.0 Å². The van der Waals surface area contributed by atoms with Crippen molar-refractivity contribution in [3.05, 3.63) is 63.6 Å². The van der Waals surface area contributed by atoms with Crippen molar-refractivity contribution < 1.29 is 9.34 Å². The number of non-ortho nitro benzene ring substituents is 1. The molecule has 0 saturated carbocycles. The number of nitro benzene ring substituents is 1. The molecule has 0 aliphatic rings. The zero-order valence-electron chi connectivity index (χ0n) is 10.9. The minimum Gasteiger partial charge on any atom is -0.465 e. The minimum atomic E-state index is -0.386. The second-order valence-electron chi connectivity index (χ2n) is 4.48. The zero-order chi connectivity index (χ0) is 13.8. The lowest BCUT2D eigenvalue weighted by atomic mass is 10.2. The Balaban J connectivity index is 1.98. The summed E-state index contributed by atoms with van der Waals surface area (Å²) in [5.74, 6) is 1.74. The van der Waals surface area contributed by atoms with Gasteiger partial charge < -0.3 is 9.73 Å². The first-order valence-corrected chi connectivity index (χ1v) is 6.09. The van der Waals surface area contributed by atoms with Gasteiger partial charge >= 0.3 is 0 Å². The largest absolute Gasteiger partial charge is 0.465 e. The molecule has 2 aromatic rings. The molecule has 2 rings (SSSR count). The topological polar surface area (TPSA) is 68.3 Å². The Labute approximate surface area is 111 Å². The third-order valence-electron chi connectivity index (χ3n) is 2.92. The van der Waals surface area contributed by atoms with Gasteiger partial charge in [-0.05, 0) is 31.5 Å². The van der Waals surface area contributed by atoms with Crippen LogP contribution in [0.2, 0.25) is 0 Å². The fourth-order valence-corrected chi connectivity index (χ4v) is 1.84. The van der Waals surface area contributed by atoms with Crippen LogP contribution in [0.25, 0.3) is 0 Å². The van der Waals surface area contributed by atoms with E-state index in [0.717, 1.165) is 17.1 Å². The summed E-state index contributed by atoms with van der Waals surface area (Å²) in [4.78, 5) is 10.3. The van der Waals surface area contributed by atoms with Crippen LogP contribution in [0.4, 0.5) is 5.69 Å². The van der Waals surface area contributed by atoms with E-state index in [0.29, 0.717) is 6.54 Å². The number of nitrogens with zero attached hydrogens (tertiary/aromatic N) is 1. The van der Waals surface area contributed by atoms with Crippen LogP contribution >= 0.6 is 0 Å². The zero-order valence-corrected chi connectivity index (χ0v) is 10.9. The Kier molecular flexibility index (Phi) is 3.97. The highest BCUT2D eigenvalue weighted by atomic mass is 16.6. The van der Waals surface area contributed by atoms with Crippen molar-refractivity contribution in [1.82, 2.24) is 5.32 Å². The third-order valence-corrected chi connectivity index (χ3v) is 2.92. The average Bonchev–Trinajstić information content (AvgIpc) is 2.83. The molecule has 100 valence electrons. The van der Waals surface area contributed by atoms with Crippen LogP contribution in [0.15, 0.2) is 40.8 Å². The summed E-state index contributed by atoms with van der Waals surface area (Å²) >= 11 is 0. The lowest BCUT2D eigenvalue weighted by Crippen LogP contribution is -2.17. The molecule has 0 bridgehead atoms. The van der Waals surface area contributed by atoms with Gasteiger partial charge in [0.2, 0.25) is 0 Å². The Hall–Kier alpha value is -2.14. The number of furan rings is 1. The van der Waals surface area contributed by atoms with E-state index in [1.807, 2.05) is 32.0 Å². The summed E-state index contributed by atoms with van der Waals surface area (Å²) in [6, 6.07) is 10.5. The Morgan fingerprint density at radius 2 is 2.16 bits per heavy atom. The molecule has 19 heavy (non-hydrogen) atoms. The fourth-order valence-electron chi connectivity index (χ4n) is 1.84. The van der Waals surface area contributed by atoms with Gasteiger partial charge in [-0.1, -0.05) is 12.1 Å². The first-order chi connectivity index (χ1) is 9.06. The number of nitro groups is 1. The molecule has 1 aromatic carbocycles. The van der Waals surface area contributed by atoms with Crippen LogP contribution in [0.3, 0.4) is 0 Å². The van der Waals surface area contributed by atoms with E-state index in [2.05, 4.69) is 5.32 Å². The van der Waals surface area contributed by atoms with Crippen molar-refractivity contribution in [3.8, 4) is 0 Å². The van der Waals surface area contributed by atoms with Crippen molar-refractivity contribution in [2.24, 2.45) is 0 Å². The van der Waals surface area contributed by atoms with Gasteiger partial charge in [-0.25, -0.2) is 0 Å². The summed E-state index contributed by atoms with van der Waals surface area (Å²) in [6.07, 6.45) is 0. The van der Waals surface area contributed by atoms with Gasteiger partial charge in [-0.2, -0.15) is 0 Å². The molecule has 1 atom stereocenters. The molecule has 0 aliphatic heterocycles. The highest BCUT2D eigenvalue weighted by molar-refractivity contribution is 5.34. The van der Waals surface area contributed by atoms with Crippen LogP contribution in [0.1, 0.15) is 30.0 Å². The number of aryl methyl sites for hydroxylation is 1. The first kappa shape index (κ1) is 13.3. The van der Waals surface area contributed by atoms with E-state index in [1.165, 1.54) is 6.07 Å². The lowest BCUT2D eigenvalue weighted by molar-refractivity contribution is -0.384. The molecule has 0 spiro atoms. The van der Waals surface area contributed by atoms with E-state index in [9.17, 15) is 10.1 Å². The SMILES string of the molecule is Cc1ccc(C(C)NCc2cccc([N+](=O)[O-])c2)o1. The van der Waals surface area contributed by atoms with Gasteiger partial charge in [0.05, 0.1) is 11.0 Å². The molecule has 1 N–H and O–H groups in total. The van der Waals surface area contributed by atoms with Crippen LogP contribution in [0.5, 0.6) is 0 Å². The summed E-state index contributed by atoms with van der Waals surface area (Å²) in [7, 11) is 0. The van der Waals surface area contributed by atoms with Gasteiger partial charge in [-0.3, -0.25) is 10.1 Å². The second-order valence-corrected chi connectivity index (χ2v) is 4.48. The van der Waals surface area contributed by atoms with E-state index >= 15 is 0 Å². The molecule has 0 radical (unpaired) electrons. The summed E-state index contributed by atoms with van der Waals surface area (Å²) in [6.45, 7) is 4.45. The minimum absolute atomic E-state index is 0.0629. The molecule has 0 amide bonds. The molecule has 0 fully saturated rings. The highest BCUT2D eigenvalue weighted by Gasteiger charge is 2.10. The van der Waals surface area contributed by atoms with E-state index in [-0.39, 0.29) is 16.7 Å². The van der Waals surface area contributed by atoms with E-state index in [4.69, 9.17) is 4.42 Å². The molecule has 0 aliphatic carbocycles. The van der Waals surface area contributed by atoms with E-state index in [1.54, 1.807) is 12.1 Å². The van der Waals surface area contributed by atoms with Gasteiger partial charge in [0.25, 0.3) is 5.69 Å².